The molecule has 0 spiro atoms. The van der Waals surface area contributed by atoms with Gasteiger partial charge in [0.1, 0.15) is 11.5 Å². The van der Waals surface area contributed by atoms with Gasteiger partial charge in [-0.1, -0.05) is 18.2 Å². The standard InChI is InChI=1S/C25H23N7O/c1-15(2)32-24(28-29-30-32)22-4-3-5-23(27-22)31-14-18-9-8-17(11-21(18)25(31)33)20-10-19(12-26-13-20)16-6-7-16/h3-5,8-13,15-16H,6-7,14H2,1-2H3. The van der Waals surface area contributed by atoms with Gasteiger partial charge in [0, 0.05) is 23.5 Å². The SMILES string of the molecule is CC(C)n1nnnc1-c1cccc(N2Cc3ccc(-c4cncc(C5CC5)c4)cc3C2=O)n1. The molecule has 1 aromatic carbocycles. The zero-order valence-electron chi connectivity index (χ0n) is 18.5. The van der Waals surface area contributed by atoms with Crippen molar-refractivity contribution in [2.24, 2.45) is 0 Å². The van der Waals surface area contributed by atoms with Gasteiger partial charge in [-0.05, 0) is 84.0 Å². The minimum Gasteiger partial charge on any atom is -0.288 e. The summed E-state index contributed by atoms with van der Waals surface area (Å²) in [5.74, 6) is 1.76. The van der Waals surface area contributed by atoms with Gasteiger partial charge in [-0.2, -0.15) is 0 Å². The second kappa shape index (κ2) is 7.58. The summed E-state index contributed by atoms with van der Waals surface area (Å²) in [7, 11) is 0. The third-order valence-electron chi connectivity index (χ3n) is 6.28. The predicted octanol–water partition coefficient (Wildman–Crippen LogP) is 4.42. The molecule has 0 bridgehead atoms. The van der Waals surface area contributed by atoms with E-state index in [-0.39, 0.29) is 11.9 Å². The number of fused-ring (bicyclic) bond motifs is 1. The third kappa shape index (κ3) is 3.47. The number of carbonyl (C=O) groups excluding carboxylic acids is 1. The van der Waals surface area contributed by atoms with Gasteiger partial charge in [-0.15, -0.1) is 5.10 Å². The van der Waals surface area contributed by atoms with Crippen LogP contribution in [-0.4, -0.2) is 36.1 Å². The van der Waals surface area contributed by atoms with Crippen molar-refractivity contribution in [1.29, 1.82) is 0 Å². The van der Waals surface area contributed by atoms with Crippen molar-refractivity contribution in [2.75, 3.05) is 4.90 Å². The largest absolute Gasteiger partial charge is 0.288 e. The van der Waals surface area contributed by atoms with E-state index in [0.717, 1.165) is 16.7 Å². The Labute approximate surface area is 191 Å². The van der Waals surface area contributed by atoms with Gasteiger partial charge in [0.2, 0.25) is 5.82 Å². The van der Waals surface area contributed by atoms with Crippen molar-refractivity contribution in [2.45, 2.75) is 45.2 Å². The lowest BCUT2D eigenvalue weighted by Crippen LogP contribution is -2.24. The quantitative estimate of drug-likeness (QED) is 0.459. The molecule has 0 saturated heterocycles. The molecule has 4 aromatic rings. The third-order valence-corrected chi connectivity index (χ3v) is 6.28. The van der Waals surface area contributed by atoms with Crippen molar-refractivity contribution in [3.8, 4) is 22.6 Å². The van der Waals surface area contributed by atoms with Crippen LogP contribution >= 0.6 is 0 Å². The molecular formula is C25H23N7O. The normalized spacial score (nSPS) is 15.4. The second-order valence-electron chi connectivity index (χ2n) is 8.97. The summed E-state index contributed by atoms with van der Waals surface area (Å²) >= 11 is 0. The fraction of sp³-hybridized carbons (Fsp3) is 0.280. The summed E-state index contributed by atoms with van der Waals surface area (Å²) in [6.45, 7) is 4.51. The maximum atomic E-state index is 13.4. The molecule has 0 N–H and O–H groups in total. The number of hydrogen-bond donors (Lipinski definition) is 0. The number of benzene rings is 1. The molecule has 164 valence electrons. The molecule has 1 amide bonds. The zero-order chi connectivity index (χ0) is 22.5. The molecule has 0 radical (unpaired) electrons. The van der Waals surface area contributed by atoms with Crippen molar-refractivity contribution in [3.63, 3.8) is 0 Å². The highest BCUT2D eigenvalue weighted by molar-refractivity contribution is 6.10. The van der Waals surface area contributed by atoms with Crippen LogP contribution in [0.2, 0.25) is 0 Å². The van der Waals surface area contributed by atoms with E-state index < -0.39 is 0 Å². The highest BCUT2D eigenvalue weighted by Crippen LogP contribution is 2.41. The molecular weight excluding hydrogens is 414 g/mol. The molecule has 8 nitrogen and oxygen atoms in total. The summed E-state index contributed by atoms with van der Waals surface area (Å²) < 4.78 is 1.72. The Balaban J connectivity index is 1.31. The molecule has 1 aliphatic heterocycles. The second-order valence-corrected chi connectivity index (χ2v) is 8.97. The van der Waals surface area contributed by atoms with Gasteiger partial charge in [0.05, 0.1) is 12.6 Å². The summed E-state index contributed by atoms with van der Waals surface area (Å²) in [4.78, 5) is 24.2. The van der Waals surface area contributed by atoms with Gasteiger partial charge >= 0.3 is 0 Å². The van der Waals surface area contributed by atoms with Crippen LogP contribution < -0.4 is 4.90 Å². The smallest absolute Gasteiger partial charge is 0.260 e. The van der Waals surface area contributed by atoms with Gasteiger partial charge in [0.15, 0.2) is 0 Å². The van der Waals surface area contributed by atoms with Crippen LogP contribution in [0.4, 0.5) is 5.82 Å². The number of nitrogens with zero attached hydrogens (tertiary/aromatic N) is 7. The van der Waals surface area contributed by atoms with E-state index >= 15 is 0 Å². The lowest BCUT2D eigenvalue weighted by atomic mass is 10.00. The molecule has 6 rings (SSSR count). The Bertz CT molecular complexity index is 1370. The first kappa shape index (κ1) is 19.7. The van der Waals surface area contributed by atoms with Crippen LogP contribution in [0.25, 0.3) is 22.6 Å². The molecule has 1 fully saturated rings. The highest BCUT2D eigenvalue weighted by Gasteiger charge is 2.30. The number of anilines is 1. The molecule has 33 heavy (non-hydrogen) atoms. The fourth-order valence-corrected chi connectivity index (χ4v) is 4.33. The van der Waals surface area contributed by atoms with Crippen LogP contribution in [0, 0.1) is 0 Å². The minimum absolute atomic E-state index is 0.0498. The predicted molar refractivity (Wildman–Crippen MR) is 124 cm³/mol. The fourth-order valence-electron chi connectivity index (χ4n) is 4.33. The number of pyridine rings is 2. The summed E-state index contributed by atoms with van der Waals surface area (Å²) in [6, 6.07) is 14.0. The molecule has 0 atom stereocenters. The number of tetrazole rings is 1. The Morgan fingerprint density at radius 2 is 1.91 bits per heavy atom. The lowest BCUT2D eigenvalue weighted by Gasteiger charge is -2.15. The van der Waals surface area contributed by atoms with E-state index in [1.54, 1.807) is 9.58 Å². The van der Waals surface area contributed by atoms with Crippen molar-refractivity contribution in [3.05, 3.63) is 71.5 Å². The molecule has 1 aliphatic carbocycles. The van der Waals surface area contributed by atoms with Crippen molar-refractivity contribution >= 4 is 11.7 Å². The average molecular weight is 438 g/mol. The molecule has 2 aliphatic rings. The van der Waals surface area contributed by atoms with Gasteiger partial charge < -0.3 is 0 Å². The maximum Gasteiger partial charge on any atom is 0.260 e. The summed E-state index contributed by atoms with van der Waals surface area (Å²) in [5.41, 5.74) is 5.69. The number of carbonyl (C=O) groups is 1. The van der Waals surface area contributed by atoms with E-state index in [1.165, 1.54) is 18.4 Å². The van der Waals surface area contributed by atoms with Crippen molar-refractivity contribution in [1.82, 2.24) is 30.2 Å². The van der Waals surface area contributed by atoms with Crippen LogP contribution in [0.5, 0.6) is 0 Å². The number of amides is 1. The van der Waals surface area contributed by atoms with Crippen molar-refractivity contribution < 1.29 is 4.79 Å². The summed E-state index contributed by atoms with van der Waals surface area (Å²) in [6.07, 6.45) is 6.29. The van der Waals surface area contributed by atoms with Gasteiger partial charge in [0.25, 0.3) is 5.91 Å². The van der Waals surface area contributed by atoms with E-state index in [2.05, 4.69) is 32.6 Å². The first-order valence-electron chi connectivity index (χ1n) is 11.2. The summed E-state index contributed by atoms with van der Waals surface area (Å²) in [5, 5.41) is 12.0. The zero-order valence-corrected chi connectivity index (χ0v) is 18.5. The number of rotatable bonds is 5. The number of aromatic nitrogens is 6. The van der Waals surface area contributed by atoms with Crippen LogP contribution in [0.1, 0.15) is 60.1 Å². The first-order valence-corrected chi connectivity index (χ1v) is 11.2. The molecule has 4 heterocycles. The monoisotopic (exact) mass is 437 g/mol. The Morgan fingerprint density at radius 3 is 2.73 bits per heavy atom. The average Bonchev–Trinajstić information content (AvgIpc) is 3.48. The Kier molecular flexibility index (Phi) is 4.53. The molecule has 3 aromatic heterocycles. The van der Waals surface area contributed by atoms with Crippen LogP contribution in [0.3, 0.4) is 0 Å². The van der Waals surface area contributed by atoms with E-state index in [0.29, 0.717) is 35.4 Å². The van der Waals surface area contributed by atoms with E-state index in [9.17, 15) is 4.79 Å². The molecule has 1 saturated carbocycles. The molecule has 0 unspecified atom stereocenters. The molecule has 8 heteroatoms. The van der Waals surface area contributed by atoms with Crippen LogP contribution in [-0.2, 0) is 6.54 Å². The maximum absolute atomic E-state index is 13.4. The Morgan fingerprint density at radius 1 is 1.03 bits per heavy atom. The van der Waals surface area contributed by atoms with Gasteiger partial charge in [-0.3, -0.25) is 14.7 Å². The van der Waals surface area contributed by atoms with E-state index in [4.69, 9.17) is 4.98 Å². The van der Waals surface area contributed by atoms with Gasteiger partial charge in [-0.25, -0.2) is 9.67 Å². The lowest BCUT2D eigenvalue weighted by molar-refractivity contribution is 0.0996. The highest BCUT2D eigenvalue weighted by atomic mass is 16.2. The van der Waals surface area contributed by atoms with E-state index in [1.807, 2.05) is 56.6 Å². The first-order chi connectivity index (χ1) is 16.1. The number of hydrogen-bond acceptors (Lipinski definition) is 6. The minimum atomic E-state index is -0.0498. The topological polar surface area (TPSA) is 89.7 Å². The van der Waals surface area contributed by atoms with Crippen LogP contribution in [0.15, 0.2) is 54.9 Å². The Hall–Kier alpha value is -3.94.